The predicted molar refractivity (Wildman–Crippen MR) is 120 cm³/mol. The van der Waals surface area contributed by atoms with Gasteiger partial charge in [-0.2, -0.15) is 5.10 Å². The molecule has 2 aromatic carbocycles. The quantitative estimate of drug-likeness (QED) is 0.580. The van der Waals surface area contributed by atoms with Gasteiger partial charge in [0.25, 0.3) is 0 Å². The number of methoxy groups -OCH3 is 3. The molecule has 1 atom stereocenters. The van der Waals surface area contributed by atoms with Gasteiger partial charge in [0, 0.05) is 24.7 Å². The Bertz CT molecular complexity index is 1040. The number of hydrogen-bond acceptors (Lipinski definition) is 6. The lowest BCUT2D eigenvalue weighted by atomic mass is 9.96. The van der Waals surface area contributed by atoms with Crippen molar-refractivity contribution < 1.29 is 19.0 Å². The summed E-state index contributed by atoms with van der Waals surface area (Å²) in [5.41, 5.74) is 2.33. The second-order valence-corrected chi connectivity index (χ2v) is 7.74. The molecular formula is C24H28N4O4. The summed E-state index contributed by atoms with van der Waals surface area (Å²) in [4.78, 5) is 16.4. The third-order valence-electron chi connectivity index (χ3n) is 5.82. The van der Waals surface area contributed by atoms with E-state index in [1.54, 1.807) is 39.7 Å². The smallest absolute Gasteiger partial charge is 0.362 e. The minimum atomic E-state index is -0.219. The van der Waals surface area contributed by atoms with Gasteiger partial charge in [-0.05, 0) is 31.2 Å². The van der Waals surface area contributed by atoms with Crippen LogP contribution in [0, 0.1) is 0 Å². The van der Waals surface area contributed by atoms with Crippen molar-refractivity contribution in [3.8, 4) is 28.5 Å². The van der Waals surface area contributed by atoms with Gasteiger partial charge >= 0.3 is 6.03 Å². The van der Waals surface area contributed by atoms with E-state index >= 15 is 0 Å². The molecule has 0 saturated carbocycles. The molecule has 0 spiro atoms. The Morgan fingerprint density at radius 2 is 1.75 bits per heavy atom. The molecule has 0 aliphatic carbocycles. The third kappa shape index (κ3) is 4.39. The van der Waals surface area contributed by atoms with Crippen molar-refractivity contribution in [3.05, 3.63) is 54.2 Å². The molecular weight excluding hydrogens is 408 g/mol. The Labute approximate surface area is 187 Å². The van der Waals surface area contributed by atoms with E-state index in [9.17, 15) is 4.79 Å². The molecule has 0 radical (unpaired) electrons. The fourth-order valence-corrected chi connectivity index (χ4v) is 4.19. The van der Waals surface area contributed by atoms with Crippen molar-refractivity contribution in [1.82, 2.24) is 19.9 Å². The van der Waals surface area contributed by atoms with Crippen LogP contribution < -0.4 is 14.2 Å². The van der Waals surface area contributed by atoms with Gasteiger partial charge in [-0.15, -0.1) is 5.10 Å². The fourth-order valence-electron chi connectivity index (χ4n) is 4.19. The molecule has 32 heavy (non-hydrogen) atoms. The first-order valence-electron chi connectivity index (χ1n) is 10.7. The minimum Gasteiger partial charge on any atom is -0.496 e. The average Bonchev–Trinajstić information content (AvgIpc) is 3.33. The van der Waals surface area contributed by atoms with Gasteiger partial charge in [-0.25, -0.2) is 4.79 Å². The Hall–Kier alpha value is -3.55. The molecule has 4 rings (SSSR count). The van der Waals surface area contributed by atoms with Crippen molar-refractivity contribution in [3.63, 3.8) is 0 Å². The largest absolute Gasteiger partial charge is 0.496 e. The Balaban J connectivity index is 1.61. The summed E-state index contributed by atoms with van der Waals surface area (Å²) in [6.07, 6.45) is 5.43. The second kappa shape index (κ2) is 9.72. The van der Waals surface area contributed by atoms with Crippen LogP contribution in [0.15, 0.2) is 48.7 Å². The Kier molecular flexibility index (Phi) is 6.58. The van der Waals surface area contributed by atoms with Crippen molar-refractivity contribution >= 4 is 6.03 Å². The van der Waals surface area contributed by atoms with Gasteiger partial charge in [0.2, 0.25) is 0 Å². The molecule has 8 nitrogen and oxygen atoms in total. The maximum atomic E-state index is 13.3. The average molecular weight is 437 g/mol. The van der Waals surface area contributed by atoms with Gasteiger partial charge in [-0.1, -0.05) is 35.1 Å². The number of likely N-dealkylation sites (tertiary alicyclic amines) is 1. The highest BCUT2D eigenvalue weighted by molar-refractivity contribution is 5.78. The Morgan fingerprint density at radius 3 is 2.41 bits per heavy atom. The van der Waals surface area contributed by atoms with Crippen LogP contribution in [0.5, 0.6) is 17.2 Å². The Morgan fingerprint density at radius 1 is 1.03 bits per heavy atom. The summed E-state index contributed by atoms with van der Waals surface area (Å²) in [7, 11) is 4.71. The topological polar surface area (TPSA) is 78.7 Å². The molecule has 2 heterocycles. The van der Waals surface area contributed by atoms with E-state index in [1.807, 2.05) is 23.1 Å². The molecule has 1 aliphatic rings. The van der Waals surface area contributed by atoms with E-state index in [0.717, 1.165) is 25.7 Å². The van der Waals surface area contributed by atoms with Crippen molar-refractivity contribution in [2.75, 3.05) is 27.9 Å². The van der Waals surface area contributed by atoms with Gasteiger partial charge in [0.1, 0.15) is 22.9 Å². The number of carbonyl (C=O) groups is 1. The van der Waals surface area contributed by atoms with Crippen molar-refractivity contribution in [1.29, 1.82) is 0 Å². The molecule has 1 aromatic heterocycles. The maximum absolute atomic E-state index is 13.3. The second-order valence-electron chi connectivity index (χ2n) is 7.74. The maximum Gasteiger partial charge on any atom is 0.362 e. The van der Waals surface area contributed by atoms with Crippen LogP contribution >= 0.6 is 0 Å². The summed E-state index contributed by atoms with van der Waals surface area (Å²) in [5, 5.41) is 8.76. The fraction of sp³-hybridized carbons (Fsp3) is 0.375. The lowest BCUT2D eigenvalue weighted by Gasteiger charge is -2.35. The van der Waals surface area contributed by atoms with E-state index < -0.39 is 0 Å². The molecule has 168 valence electrons. The number of amides is 1. The molecule has 1 saturated heterocycles. The first-order chi connectivity index (χ1) is 15.6. The highest BCUT2D eigenvalue weighted by Gasteiger charge is 2.29. The highest BCUT2D eigenvalue weighted by atomic mass is 16.5. The monoisotopic (exact) mass is 436 g/mol. The zero-order chi connectivity index (χ0) is 22.5. The molecule has 8 heteroatoms. The predicted octanol–water partition coefficient (Wildman–Crippen LogP) is 4.04. The summed E-state index contributed by atoms with van der Waals surface area (Å²) in [5.74, 6) is 1.66. The first-order valence-corrected chi connectivity index (χ1v) is 10.7. The van der Waals surface area contributed by atoms with Crippen molar-refractivity contribution in [2.45, 2.75) is 31.7 Å². The van der Waals surface area contributed by atoms with Crippen LogP contribution in [0.4, 0.5) is 4.79 Å². The molecule has 0 N–H and O–H groups in total. The third-order valence-corrected chi connectivity index (χ3v) is 5.82. The summed E-state index contributed by atoms with van der Waals surface area (Å²) in [6, 6.07) is 13.7. The van der Waals surface area contributed by atoms with Gasteiger partial charge in [0.05, 0.1) is 33.1 Å². The number of ether oxygens (including phenoxy) is 3. The van der Waals surface area contributed by atoms with Crippen LogP contribution in [-0.2, 0) is 6.42 Å². The van der Waals surface area contributed by atoms with E-state index in [4.69, 9.17) is 14.2 Å². The van der Waals surface area contributed by atoms with E-state index in [1.165, 1.54) is 10.4 Å². The van der Waals surface area contributed by atoms with E-state index in [0.29, 0.717) is 35.1 Å². The van der Waals surface area contributed by atoms with Gasteiger partial charge < -0.3 is 19.1 Å². The SMILES string of the molecule is COc1cc(OC)c(-c2cnn(C(=O)N3CCCCC3Cc3ccccc3)n2)c(OC)c1. The summed E-state index contributed by atoms with van der Waals surface area (Å²) in [6.45, 7) is 0.697. The number of benzene rings is 2. The summed E-state index contributed by atoms with van der Waals surface area (Å²) < 4.78 is 16.4. The lowest BCUT2D eigenvalue weighted by Crippen LogP contribution is -2.47. The van der Waals surface area contributed by atoms with Crippen LogP contribution in [-0.4, -0.2) is 59.8 Å². The zero-order valence-electron chi connectivity index (χ0n) is 18.7. The number of aromatic nitrogens is 3. The molecule has 1 amide bonds. The zero-order valence-corrected chi connectivity index (χ0v) is 18.7. The molecule has 0 bridgehead atoms. The number of piperidine rings is 1. The van der Waals surface area contributed by atoms with Crippen molar-refractivity contribution in [2.24, 2.45) is 0 Å². The van der Waals surface area contributed by atoms with Crippen LogP contribution in [0.2, 0.25) is 0 Å². The lowest BCUT2D eigenvalue weighted by molar-refractivity contribution is 0.146. The number of hydrogen-bond donors (Lipinski definition) is 0. The standard InChI is InChI=1S/C24H28N4O4/c1-30-19-14-21(31-2)23(22(15-19)32-3)20-16-25-28(26-20)24(29)27-12-8-7-11-18(27)13-17-9-5-4-6-10-17/h4-6,9-10,14-16,18H,7-8,11-13H2,1-3H3. The molecule has 1 aliphatic heterocycles. The first kappa shape index (κ1) is 21.7. The van der Waals surface area contributed by atoms with Gasteiger partial charge in [-0.3, -0.25) is 0 Å². The molecule has 1 fully saturated rings. The number of nitrogens with zero attached hydrogens (tertiary/aromatic N) is 4. The minimum absolute atomic E-state index is 0.123. The van der Waals surface area contributed by atoms with Gasteiger partial charge in [0.15, 0.2) is 0 Å². The van der Waals surface area contributed by atoms with E-state index in [2.05, 4.69) is 22.3 Å². The normalized spacial score (nSPS) is 16.0. The summed E-state index contributed by atoms with van der Waals surface area (Å²) >= 11 is 0. The van der Waals surface area contributed by atoms with Crippen LogP contribution in [0.25, 0.3) is 11.3 Å². The number of rotatable bonds is 6. The molecule has 1 unspecified atom stereocenters. The number of carbonyl (C=O) groups excluding carboxylic acids is 1. The molecule has 3 aromatic rings. The van der Waals surface area contributed by atoms with E-state index in [-0.39, 0.29) is 12.1 Å². The highest BCUT2D eigenvalue weighted by Crippen LogP contribution is 2.40. The van der Waals surface area contributed by atoms with Crippen LogP contribution in [0.3, 0.4) is 0 Å². The van der Waals surface area contributed by atoms with Crippen LogP contribution in [0.1, 0.15) is 24.8 Å².